The van der Waals surface area contributed by atoms with E-state index in [4.69, 9.17) is 10.5 Å². The predicted molar refractivity (Wildman–Crippen MR) is 167 cm³/mol. The molecule has 0 unspecified atom stereocenters. The van der Waals surface area contributed by atoms with Crippen LogP contribution in [0.25, 0.3) is 11.4 Å². The first-order chi connectivity index (χ1) is 22.1. The Balaban J connectivity index is 1.38. The number of benzene rings is 2. The van der Waals surface area contributed by atoms with Gasteiger partial charge in [0.2, 0.25) is 5.95 Å². The Morgan fingerprint density at radius 1 is 1.06 bits per heavy atom. The standard InChI is InChI=1S/C34H31F3N6O4/c1-33(2,3)47-32(46)43-14-13-26-25(30(43)45)17-27(42(26)4)28-23(19-40-31(38)41-28)12-11-20-7-5-9-22(15-20)29(44)39-18-21-8-6-10-24(16-21)34(35,36)37/h5-10,15-17,19H,13-14,18H2,1-4H3,(H,39,44)(H2,38,40,41). The normalized spacial score (nSPS) is 13.0. The summed E-state index contributed by atoms with van der Waals surface area (Å²) in [5, 5.41) is 2.64. The number of alkyl halides is 3. The van der Waals surface area contributed by atoms with Crippen molar-refractivity contribution in [1.29, 1.82) is 0 Å². The van der Waals surface area contributed by atoms with Gasteiger partial charge in [0.25, 0.3) is 11.8 Å². The fourth-order valence-electron chi connectivity index (χ4n) is 5.02. The highest BCUT2D eigenvalue weighted by atomic mass is 19.4. The minimum absolute atomic E-state index is 0.00845. The molecule has 3 heterocycles. The maximum atomic E-state index is 13.3. The third-order valence-electron chi connectivity index (χ3n) is 7.24. The minimum Gasteiger partial charge on any atom is -0.443 e. The molecular weight excluding hydrogens is 613 g/mol. The van der Waals surface area contributed by atoms with Crippen LogP contribution in [0.2, 0.25) is 0 Å². The lowest BCUT2D eigenvalue weighted by atomic mass is 10.1. The number of aromatic nitrogens is 3. The highest BCUT2D eigenvalue weighted by Gasteiger charge is 2.35. The molecule has 3 N–H and O–H groups in total. The Kier molecular flexibility index (Phi) is 8.80. The number of nitrogen functional groups attached to an aromatic ring is 1. The van der Waals surface area contributed by atoms with E-state index in [0.717, 1.165) is 17.0 Å². The monoisotopic (exact) mass is 644 g/mol. The predicted octanol–water partition coefficient (Wildman–Crippen LogP) is 5.35. The van der Waals surface area contributed by atoms with Crippen LogP contribution >= 0.6 is 0 Å². The van der Waals surface area contributed by atoms with Crippen LogP contribution in [0.5, 0.6) is 0 Å². The number of halogens is 3. The molecule has 3 amide bonds. The molecule has 5 rings (SSSR count). The summed E-state index contributed by atoms with van der Waals surface area (Å²) in [6, 6.07) is 12.8. The van der Waals surface area contributed by atoms with Gasteiger partial charge < -0.3 is 20.4 Å². The molecule has 0 fully saturated rings. The van der Waals surface area contributed by atoms with Gasteiger partial charge in [-0.3, -0.25) is 9.59 Å². The number of nitrogens with one attached hydrogen (secondary N) is 1. The number of amides is 3. The molecule has 0 radical (unpaired) electrons. The second-order valence-electron chi connectivity index (χ2n) is 11.8. The maximum Gasteiger partial charge on any atom is 0.417 e. The summed E-state index contributed by atoms with van der Waals surface area (Å²) in [7, 11) is 1.78. The number of fused-ring (bicyclic) bond motifs is 1. The van der Waals surface area contributed by atoms with E-state index >= 15 is 0 Å². The van der Waals surface area contributed by atoms with Crippen LogP contribution in [-0.4, -0.2) is 49.5 Å². The number of nitrogens with zero attached hydrogens (tertiary/aromatic N) is 4. The summed E-state index contributed by atoms with van der Waals surface area (Å²) in [4.78, 5) is 48.4. The Labute approximate surface area is 268 Å². The van der Waals surface area contributed by atoms with Gasteiger partial charge in [-0.2, -0.15) is 13.2 Å². The van der Waals surface area contributed by atoms with Gasteiger partial charge in [0.15, 0.2) is 0 Å². The van der Waals surface area contributed by atoms with Crippen LogP contribution in [0.1, 0.15) is 69.4 Å². The van der Waals surface area contributed by atoms with E-state index in [1.165, 1.54) is 18.3 Å². The third-order valence-corrected chi connectivity index (χ3v) is 7.24. The summed E-state index contributed by atoms with van der Waals surface area (Å²) >= 11 is 0. The van der Waals surface area contributed by atoms with Crippen molar-refractivity contribution in [2.75, 3.05) is 12.3 Å². The number of hydrogen-bond donors (Lipinski definition) is 2. The first-order valence-electron chi connectivity index (χ1n) is 14.5. The molecule has 0 bridgehead atoms. The van der Waals surface area contributed by atoms with Crippen molar-refractivity contribution in [3.63, 3.8) is 0 Å². The fraction of sp³-hybridized carbons (Fsp3) is 0.265. The van der Waals surface area contributed by atoms with Crippen LogP contribution in [0.3, 0.4) is 0 Å². The second kappa shape index (κ2) is 12.6. The van der Waals surface area contributed by atoms with E-state index in [-0.39, 0.29) is 24.6 Å². The van der Waals surface area contributed by atoms with E-state index < -0.39 is 35.2 Å². The smallest absolute Gasteiger partial charge is 0.417 e. The number of carbonyl (C=O) groups excluding carboxylic acids is 3. The molecule has 0 spiro atoms. The second-order valence-corrected chi connectivity index (χ2v) is 11.8. The lowest BCUT2D eigenvalue weighted by molar-refractivity contribution is -0.137. The minimum atomic E-state index is -4.48. The first-order valence-corrected chi connectivity index (χ1v) is 14.5. The molecule has 10 nitrogen and oxygen atoms in total. The summed E-state index contributed by atoms with van der Waals surface area (Å²) in [6.07, 6.45) is -3.34. The van der Waals surface area contributed by atoms with Gasteiger partial charge in [-0.1, -0.05) is 30.0 Å². The topological polar surface area (TPSA) is 132 Å². The van der Waals surface area contributed by atoms with E-state index in [9.17, 15) is 27.6 Å². The Morgan fingerprint density at radius 2 is 1.81 bits per heavy atom. The van der Waals surface area contributed by atoms with Crippen LogP contribution in [0, 0.1) is 11.8 Å². The molecule has 0 saturated carbocycles. The Hall–Kier alpha value is -5.64. The molecule has 0 saturated heterocycles. The van der Waals surface area contributed by atoms with Gasteiger partial charge >= 0.3 is 12.3 Å². The zero-order chi connectivity index (χ0) is 34.1. The summed E-state index contributed by atoms with van der Waals surface area (Å²) in [6.45, 7) is 5.24. The molecule has 13 heteroatoms. The van der Waals surface area contributed by atoms with Gasteiger partial charge in [0.05, 0.1) is 22.4 Å². The third kappa shape index (κ3) is 7.44. The average molecular weight is 645 g/mol. The largest absolute Gasteiger partial charge is 0.443 e. The highest BCUT2D eigenvalue weighted by molar-refractivity contribution is 6.05. The summed E-state index contributed by atoms with van der Waals surface area (Å²) in [5.74, 6) is 5.04. The van der Waals surface area contributed by atoms with Gasteiger partial charge in [-0.25, -0.2) is 19.7 Å². The zero-order valence-electron chi connectivity index (χ0n) is 26.0. The maximum absolute atomic E-state index is 13.3. The van der Waals surface area contributed by atoms with E-state index in [2.05, 4.69) is 27.1 Å². The van der Waals surface area contributed by atoms with Crippen molar-refractivity contribution < 1.29 is 32.3 Å². The Bertz CT molecular complexity index is 1950. The van der Waals surface area contributed by atoms with Gasteiger partial charge in [0, 0.05) is 49.6 Å². The fourth-order valence-corrected chi connectivity index (χ4v) is 5.02. The number of ether oxygens (including phenoxy) is 1. The average Bonchev–Trinajstić information content (AvgIpc) is 3.35. The quantitative estimate of drug-likeness (QED) is 0.287. The van der Waals surface area contributed by atoms with E-state index in [1.54, 1.807) is 58.2 Å². The lowest BCUT2D eigenvalue weighted by Crippen LogP contribution is -2.44. The van der Waals surface area contributed by atoms with E-state index in [1.807, 2.05) is 4.57 Å². The van der Waals surface area contributed by atoms with Crippen molar-refractivity contribution in [3.8, 4) is 23.2 Å². The van der Waals surface area contributed by atoms with Gasteiger partial charge in [-0.15, -0.1) is 0 Å². The molecule has 1 aliphatic heterocycles. The van der Waals surface area contributed by atoms with Gasteiger partial charge in [-0.05, 0) is 62.7 Å². The van der Waals surface area contributed by atoms with Crippen molar-refractivity contribution in [1.82, 2.24) is 24.8 Å². The number of hydrogen-bond acceptors (Lipinski definition) is 7. The van der Waals surface area contributed by atoms with Crippen LogP contribution in [-0.2, 0) is 30.9 Å². The van der Waals surface area contributed by atoms with Crippen molar-refractivity contribution in [3.05, 3.63) is 99.9 Å². The molecule has 2 aromatic carbocycles. The molecule has 4 aromatic rings. The van der Waals surface area contributed by atoms with Crippen LogP contribution < -0.4 is 11.1 Å². The number of nitrogens with two attached hydrogens (primary N) is 1. The number of anilines is 1. The van der Waals surface area contributed by atoms with E-state index in [0.29, 0.717) is 45.8 Å². The molecular formula is C34H31F3N6O4. The van der Waals surface area contributed by atoms with Crippen molar-refractivity contribution >= 4 is 23.9 Å². The number of imide groups is 1. The number of carbonyl (C=O) groups is 3. The highest BCUT2D eigenvalue weighted by Crippen LogP contribution is 2.31. The first kappa shape index (κ1) is 32.7. The van der Waals surface area contributed by atoms with Crippen molar-refractivity contribution in [2.45, 2.75) is 45.5 Å². The zero-order valence-corrected chi connectivity index (χ0v) is 26.0. The molecule has 47 heavy (non-hydrogen) atoms. The number of rotatable bonds is 4. The van der Waals surface area contributed by atoms with Crippen LogP contribution in [0.4, 0.5) is 23.9 Å². The van der Waals surface area contributed by atoms with Gasteiger partial charge in [0.1, 0.15) is 11.3 Å². The lowest BCUT2D eigenvalue weighted by Gasteiger charge is -2.28. The molecule has 2 aromatic heterocycles. The molecule has 0 aliphatic carbocycles. The summed E-state index contributed by atoms with van der Waals surface area (Å²) in [5.41, 5.74) is 7.77. The summed E-state index contributed by atoms with van der Waals surface area (Å²) < 4.78 is 46.3. The molecule has 1 aliphatic rings. The molecule has 0 atom stereocenters. The Morgan fingerprint density at radius 3 is 2.53 bits per heavy atom. The van der Waals surface area contributed by atoms with Crippen LogP contribution in [0.15, 0.2) is 60.8 Å². The van der Waals surface area contributed by atoms with Crippen molar-refractivity contribution in [2.24, 2.45) is 7.05 Å². The SMILES string of the molecule is Cn1c(-c2nc(N)ncc2C#Cc2cccc(C(=O)NCc3cccc(C(F)(F)F)c3)c2)cc2c1CCN(C(=O)OC(C)(C)C)C2=O. The molecule has 242 valence electrons.